The van der Waals surface area contributed by atoms with Gasteiger partial charge in [-0.05, 0) is 44.0 Å². The number of nitrogens with one attached hydrogen (secondary N) is 2. The maximum atomic E-state index is 12.0. The predicted octanol–water partition coefficient (Wildman–Crippen LogP) is 2.02. The van der Waals surface area contributed by atoms with Gasteiger partial charge in [-0.2, -0.15) is 0 Å². The summed E-state index contributed by atoms with van der Waals surface area (Å²) in [6, 6.07) is 7.19. The summed E-state index contributed by atoms with van der Waals surface area (Å²) in [5.41, 5.74) is 6.16. The van der Waals surface area contributed by atoms with Gasteiger partial charge in [0.05, 0.1) is 5.56 Å². The van der Waals surface area contributed by atoms with Crippen molar-refractivity contribution in [1.82, 2.24) is 10.9 Å². The molecule has 24 heavy (non-hydrogen) atoms. The van der Waals surface area contributed by atoms with E-state index in [-0.39, 0.29) is 19.1 Å². The molecular formula is C17H18N2O5. The molecule has 0 atom stereocenters. The first kappa shape index (κ1) is 15.9. The molecule has 0 saturated heterocycles. The normalized spacial score (nSPS) is 12.1. The van der Waals surface area contributed by atoms with Gasteiger partial charge in [0.2, 0.25) is 12.7 Å². The summed E-state index contributed by atoms with van der Waals surface area (Å²) >= 11 is 0. The standard InChI is InChI=1S/C17H18N2O5/c1-10-7-13(11(2)24-10)17(21)19-18-16(20)6-4-12-3-5-14-15(8-12)23-9-22-14/h3,5,7-8H,4,6,9H2,1-2H3,(H,18,20)(H,19,21). The van der Waals surface area contributed by atoms with Crippen LogP contribution in [0.4, 0.5) is 0 Å². The lowest BCUT2D eigenvalue weighted by Gasteiger charge is -2.07. The molecule has 7 nitrogen and oxygen atoms in total. The van der Waals surface area contributed by atoms with Gasteiger partial charge in [0.1, 0.15) is 11.5 Å². The average molecular weight is 330 g/mol. The lowest BCUT2D eigenvalue weighted by molar-refractivity contribution is -0.121. The molecule has 2 heterocycles. The Morgan fingerprint density at radius 2 is 1.88 bits per heavy atom. The molecule has 1 aromatic heterocycles. The monoisotopic (exact) mass is 330 g/mol. The lowest BCUT2D eigenvalue weighted by Crippen LogP contribution is -2.41. The van der Waals surface area contributed by atoms with Gasteiger partial charge in [-0.15, -0.1) is 0 Å². The number of furan rings is 1. The van der Waals surface area contributed by atoms with Crippen molar-refractivity contribution in [1.29, 1.82) is 0 Å². The molecule has 0 aliphatic carbocycles. The zero-order valence-electron chi connectivity index (χ0n) is 13.5. The highest BCUT2D eigenvalue weighted by molar-refractivity contribution is 5.96. The zero-order valence-corrected chi connectivity index (χ0v) is 13.5. The molecule has 0 radical (unpaired) electrons. The van der Waals surface area contributed by atoms with E-state index in [4.69, 9.17) is 13.9 Å². The summed E-state index contributed by atoms with van der Waals surface area (Å²) in [4.78, 5) is 23.8. The van der Waals surface area contributed by atoms with Crippen molar-refractivity contribution in [2.24, 2.45) is 0 Å². The Bertz CT molecular complexity index is 781. The van der Waals surface area contributed by atoms with Crippen LogP contribution in [0.25, 0.3) is 0 Å². The number of hydrazine groups is 1. The van der Waals surface area contributed by atoms with E-state index in [1.807, 2.05) is 18.2 Å². The maximum absolute atomic E-state index is 12.0. The molecule has 7 heteroatoms. The molecule has 1 aromatic carbocycles. The number of ether oxygens (including phenoxy) is 2. The highest BCUT2D eigenvalue weighted by atomic mass is 16.7. The first-order chi connectivity index (χ1) is 11.5. The Balaban J connectivity index is 1.47. The van der Waals surface area contributed by atoms with E-state index in [1.54, 1.807) is 19.9 Å². The van der Waals surface area contributed by atoms with Gasteiger partial charge in [0, 0.05) is 6.42 Å². The van der Waals surface area contributed by atoms with E-state index in [2.05, 4.69) is 10.9 Å². The first-order valence-corrected chi connectivity index (χ1v) is 7.57. The van der Waals surface area contributed by atoms with Crippen LogP contribution in [0.5, 0.6) is 11.5 Å². The fourth-order valence-corrected chi connectivity index (χ4v) is 2.47. The van der Waals surface area contributed by atoms with Crippen LogP contribution >= 0.6 is 0 Å². The summed E-state index contributed by atoms with van der Waals surface area (Å²) in [6.07, 6.45) is 0.769. The van der Waals surface area contributed by atoms with E-state index in [9.17, 15) is 9.59 Å². The molecule has 1 aliphatic rings. The minimum Gasteiger partial charge on any atom is -0.466 e. The van der Waals surface area contributed by atoms with Gasteiger partial charge in [-0.25, -0.2) is 0 Å². The van der Waals surface area contributed by atoms with Gasteiger partial charge < -0.3 is 13.9 Å². The van der Waals surface area contributed by atoms with Gasteiger partial charge >= 0.3 is 0 Å². The Labute approximate surface area is 138 Å². The number of carbonyl (C=O) groups excluding carboxylic acids is 2. The lowest BCUT2D eigenvalue weighted by atomic mass is 10.1. The smallest absolute Gasteiger partial charge is 0.273 e. The first-order valence-electron chi connectivity index (χ1n) is 7.57. The third-order valence-electron chi connectivity index (χ3n) is 3.68. The Morgan fingerprint density at radius 3 is 2.62 bits per heavy atom. The molecule has 2 aromatic rings. The van der Waals surface area contributed by atoms with Gasteiger partial charge in [0.25, 0.3) is 5.91 Å². The van der Waals surface area contributed by atoms with Crippen molar-refractivity contribution in [2.75, 3.05) is 6.79 Å². The minimum absolute atomic E-state index is 0.220. The fourth-order valence-electron chi connectivity index (χ4n) is 2.47. The van der Waals surface area contributed by atoms with Crippen LogP contribution in [0.1, 0.15) is 33.9 Å². The quantitative estimate of drug-likeness (QED) is 0.837. The topological polar surface area (TPSA) is 89.8 Å². The summed E-state index contributed by atoms with van der Waals surface area (Å²) in [6.45, 7) is 3.68. The Hall–Kier alpha value is -2.96. The summed E-state index contributed by atoms with van der Waals surface area (Å²) in [7, 11) is 0. The van der Waals surface area contributed by atoms with Crippen molar-refractivity contribution in [3.8, 4) is 11.5 Å². The SMILES string of the molecule is Cc1cc(C(=O)NNC(=O)CCc2ccc3c(c2)OCO3)c(C)o1. The highest BCUT2D eigenvalue weighted by Gasteiger charge is 2.15. The number of aryl methyl sites for hydroxylation is 3. The number of hydrogen-bond donors (Lipinski definition) is 2. The number of carbonyl (C=O) groups is 2. The number of fused-ring (bicyclic) bond motifs is 1. The number of rotatable bonds is 4. The van der Waals surface area contributed by atoms with Crippen LogP contribution in [0.15, 0.2) is 28.7 Å². The molecule has 0 unspecified atom stereocenters. The number of benzene rings is 1. The van der Waals surface area contributed by atoms with Crippen LogP contribution in [0, 0.1) is 13.8 Å². The van der Waals surface area contributed by atoms with Crippen LogP contribution in [-0.2, 0) is 11.2 Å². The van der Waals surface area contributed by atoms with Crippen LogP contribution < -0.4 is 20.3 Å². The second-order valence-electron chi connectivity index (χ2n) is 5.52. The molecule has 126 valence electrons. The Morgan fingerprint density at radius 1 is 1.08 bits per heavy atom. The number of amides is 2. The largest absolute Gasteiger partial charge is 0.466 e. The Kier molecular flexibility index (Phi) is 4.41. The average Bonchev–Trinajstić information content (AvgIpc) is 3.15. The van der Waals surface area contributed by atoms with E-state index < -0.39 is 5.91 Å². The van der Waals surface area contributed by atoms with Gasteiger partial charge in [-0.1, -0.05) is 6.07 Å². The molecule has 0 bridgehead atoms. The molecular weight excluding hydrogens is 312 g/mol. The molecule has 3 rings (SSSR count). The van der Waals surface area contributed by atoms with Crippen molar-refractivity contribution < 1.29 is 23.5 Å². The summed E-state index contributed by atoms with van der Waals surface area (Å²) in [5, 5.41) is 0. The van der Waals surface area contributed by atoms with Crippen LogP contribution in [0.3, 0.4) is 0 Å². The molecule has 0 spiro atoms. The second-order valence-corrected chi connectivity index (χ2v) is 5.52. The molecule has 0 fully saturated rings. The number of hydrogen-bond acceptors (Lipinski definition) is 5. The summed E-state index contributed by atoms with van der Waals surface area (Å²) in [5.74, 6) is 1.87. The van der Waals surface area contributed by atoms with Crippen LogP contribution in [0.2, 0.25) is 0 Å². The van der Waals surface area contributed by atoms with Gasteiger partial charge in [-0.3, -0.25) is 20.4 Å². The predicted molar refractivity (Wildman–Crippen MR) is 84.7 cm³/mol. The van der Waals surface area contributed by atoms with E-state index in [0.717, 1.165) is 5.56 Å². The van der Waals surface area contributed by atoms with Crippen LogP contribution in [-0.4, -0.2) is 18.6 Å². The van der Waals surface area contributed by atoms with Crippen molar-refractivity contribution in [3.63, 3.8) is 0 Å². The van der Waals surface area contributed by atoms with E-state index in [1.165, 1.54) is 0 Å². The van der Waals surface area contributed by atoms with E-state index >= 15 is 0 Å². The minimum atomic E-state index is -0.402. The van der Waals surface area contributed by atoms with E-state index in [0.29, 0.717) is 35.0 Å². The van der Waals surface area contributed by atoms with Crippen molar-refractivity contribution in [2.45, 2.75) is 26.7 Å². The third-order valence-corrected chi connectivity index (χ3v) is 3.68. The zero-order chi connectivity index (χ0) is 17.1. The third kappa shape index (κ3) is 3.51. The van der Waals surface area contributed by atoms with Crippen molar-refractivity contribution in [3.05, 3.63) is 46.9 Å². The highest BCUT2D eigenvalue weighted by Crippen LogP contribution is 2.32. The van der Waals surface area contributed by atoms with Gasteiger partial charge in [0.15, 0.2) is 11.5 Å². The van der Waals surface area contributed by atoms with Crippen molar-refractivity contribution >= 4 is 11.8 Å². The molecule has 2 N–H and O–H groups in total. The summed E-state index contributed by atoms with van der Waals surface area (Å²) < 4.78 is 15.8. The maximum Gasteiger partial charge on any atom is 0.273 e. The molecule has 0 saturated carbocycles. The second kappa shape index (κ2) is 6.66. The molecule has 1 aliphatic heterocycles. The fraction of sp³-hybridized carbons (Fsp3) is 0.294. The molecule has 2 amide bonds.